The van der Waals surface area contributed by atoms with Crippen molar-refractivity contribution < 1.29 is 24.0 Å². The van der Waals surface area contributed by atoms with Gasteiger partial charge in [0.2, 0.25) is 12.7 Å². The fraction of sp³-hybridized carbons (Fsp3) is 0.364. The van der Waals surface area contributed by atoms with Gasteiger partial charge in [-0.3, -0.25) is 19.7 Å². The lowest BCUT2D eigenvalue weighted by atomic mass is 10.1. The van der Waals surface area contributed by atoms with E-state index in [9.17, 15) is 19.7 Å². The molecule has 0 bridgehead atoms. The summed E-state index contributed by atoms with van der Waals surface area (Å²) in [6.07, 6.45) is 1.28. The molecule has 0 saturated carbocycles. The highest BCUT2D eigenvalue weighted by atomic mass is 16.7. The molecule has 9 nitrogen and oxygen atoms in total. The lowest BCUT2D eigenvalue weighted by molar-refractivity contribution is -0.385. The molecule has 0 radical (unpaired) electrons. The van der Waals surface area contributed by atoms with E-state index in [-0.39, 0.29) is 30.3 Å². The summed E-state index contributed by atoms with van der Waals surface area (Å²) in [7, 11) is 0. The zero-order valence-corrected chi connectivity index (χ0v) is 17.3. The SMILES string of the molecule is Cc1cc(C(=O)N2CCCC2C(=O)NC(C)c2ccc3c(c2)OCO3)ccc1[N+](=O)[O-]. The first-order chi connectivity index (χ1) is 14.8. The van der Waals surface area contributed by atoms with Gasteiger partial charge in [0.1, 0.15) is 6.04 Å². The van der Waals surface area contributed by atoms with Crippen LogP contribution in [0.2, 0.25) is 0 Å². The molecule has 31 heavy (non-hydrogen) atoms. The number of carbonyl (C=O) groups is 2. The van der Waals surface area contributed by atoms with E-state index < -0.39 is 11.0 Å². The number of ether oxygens (including phenoxy) is 2. The van der Waals surface area contributed by atoms with Crippen molar-refractivity contribution in [3.8, 4) is 11.5 Å². The second kappa shape index (κ2) is 8.25. The minimum atomic E-state index is -0.584. The number of nitro groups is 1. The number of carbonyl (C=O) groups excluding carboxylic acids is 2. The topological polar surface area (TPSA) is 111 Å². The Labute approximate surface area is 179 Å². The van der Waals surface area contributed by atoms with Gasteiger partial charge in [0.25, 0.3) is 11.6 Å². The fourth-order valence-corrected chi connectivity index (χ4v) is 4.02. The number of fused-ring (bicyclic) bond motifs is 1. The quantitative estimate of drug-likeness (QED) is 0.582. The lowest BCUT2D eigenvalue weighted by Gasteiger charge is -2.26. The number of rotatable bonds is 5. The van der Waals surface area contributed by atoms with Crippen LogP contribution in [0.5, 0.6) is 11.5 Å². The summed E-state index contributed by atoms with van der Waals surface area (Å²) in [5, 5.41) is 14.0. The highest BCUT2D eigenvalue weighted by Gasteiger charge is 2.35. The molecule has 0 spiro atoms. The van der Waals surface area contributed by atoms with Crippen LogP contribution in [0.15, 0.2) is 36.4 Å². The molecule has 2 aromatic carbocycles. The van der Waals surface area contributed by atoms with Crippen molar-refractivity contribution in [3.63, 3.8) is 0 Å². The molecule has 2 aromatic rings. The second-order valence-electron chi connectivity index (χ2n) is 7.76. The van der Waals surface area contributed by atoms with Gasteiger partial charge in [-0.25, -0.2) is 0 Å². The van der Waals surface area contributed by atoms with Crippen LogP contribution in [0, 0.1) is 17.0 Å². The monoisotopic (exact) mass is 425 g/mol. The average Bonchev–Trinajstić information content (AvgIpc) is 3.41. The third kappa shape index (κ3) is 4.03. The van der Waals surface area contributed by atoms with Crippen molar-refractivity contribution in [3.05, 3.63) is 63.2 Å². The van der Waals surface area contributed by atoms with Gasteiger partial charge in [0, 0.05) is 23.7 Å². The predicted molar refractivity (Wildman–Crippen MR) is 111 cm³/mol. The molecule has 1 fully saturated rings. The lowest BCUT2D eigenvalue weighted by Crippen LogP contribution is -2.46. The van der Waals surface area contributed by atoms with Crippen LogP contribution in [-0.4, -0.2) is 41.0 Å². The number of hydrogen-bond acceptors (Lipinski definition) is 6. The Hall–Kier alpha value is -3.62. The molecule has 9 heteroatoms. The minimum absolute atomic E-state index is 0.0372. The molecule has 2 amide bonds. The summed E-state index contributed by atoms with van der Waals surface area (Å²) in [6, 6.07) is 8.93. The molecule has 1 saturated heterocycles. The highest BCUT2D eigenvalue weighted by Crippen LogP contribution is 2.34. The van der Waals surface area contributed by atoms with Crippen molar-refractivity contribution in [1.82, 2.24) is 10.2 Å². The molecule has 2 unspecified atom stereocenters. The Morgan fingerprint density at radius 2 is 1.97 bits per heavy atom. The first-order valence-electron chi connectivity index (χ1n) is 10.1. The number of nitro benzene ring substituents is 1. The summed E-state index contributed by atoms with van der Waals surface area (Å²) in [6.45, 7) is 4.11. The maximum atomic E-state index is 13.0. The molecule has 2 aliphatic heterocycles. The van der Waals surface area contributed by atoms with Crippen molar-refractivity contribution in [2.45, 2.75) is 38.8 Å². The highest BCUT2D eigenvalue weighted by molar-refractivity contribution is 5.98. The summed E-state index contributed by atoms with van der Waals surface area (Å²) >= 11 is 0. The first kappa shape index (κ1) is 20.6. The van der Waals surface area contributed by atoms with Crippen LogP contribution in [-0.2, 0) is 4.79 Å². The second-order valence-corrected chi connectivity index (χ2v) is 7.76. The molecule has 0 aromatic heterocycles. The maximum absolute atomic E-state index is 13.0. The Bertz CT molecular complexity index is 1050. The Morgan fingerprint density at radius 3 is 2.71 bits per heavy atom. The summed E-state index contributed by atoms with van der Waals surface area (Å²) in [5.74, 6) is 0.791. The smallest absolute Gasteiger partial charge is 0.272 e. The van der Waals surface area contributed by atoms with Gasteiger partial charge in [0.05, 0.1) is 11.0 Å². The molecule has 4 rings (SSSR count). The van der Waals surface area contributed by atoms with Gasteiger partial charge >= 0.3 is 0 Å². The van der Waals surface area contributed by atoms with Crippen molar-refractivity contribution in [1.29, 1.82) is 0 Å². The van der Waals surface area contributed by atoms with Crippen LogP contribution in [0.25, 0.3) is 0 Å². The van der Waals surface area contributed by atoms with E-state index in [0.29, 0.717) is 42.0 Å². The Morgan fingerprint density at radius 1 is 1.19 bits per heavy atom. The zero-order valence-electron chi connectivity index (χ0n) is 17.3. The van der Waals surface area contributed by atoms with Gasteiger partial charge in [-0.2, -0.15) is 0 Å². The minimum Gasteiger partial charge on any atom is -0.454 e. The molecular formula is C22H23N3O6. The van der Waals surface area contributed by atoms with E-state index >= 15 is 0 Å². The van der Waals surface area contributed by atoms with E-state index in [0.717, 1.165) is 5.56 Å². The third-order valence-corrected chi connectivity index (χ3v) is 5.71. The molecule has 2 heterocycles. The normalized spacial score (nSPS) is 18.0. The largest absolute Gasteiger partial charge is 0.454 e. The van der Waals surface area contributed by atoms with Gasteiger partial charge in [0.15, 0.2) is 11.5 Å². The number of aryl methyl sites for hydroxylation is 1. The predicted octanol–water partition coefficient (Wildman–Crippen LogP) is 3.11. The van der Waals surface area contributed by atoms with Gasteiger partial charge < -0.3 is 19.7 Å². The van der Waals surface area contributed by atoms with Crippen LogP contribution in [0.3, 0.4) is 0 Å². The van der Waals surface area contributed by atoms with Gasteiger partial charge in [-0.05, 0) is 56.5 Å². The van der Waals surface area contributed by atoms with E-state index in [1.165, 1.54) is 18.2 Å². The van der Waals surface area contributed by atoms with Crippen LogP contribution in [0.1, 0.15) is 47.3 Å². The molecule has 2 aliphatic rings. The average molecular weight is 425 g/mol. The standard InChI is InChI=1S/C22H23N3O6/c1-13-10-16(5-7-17(13)25(28)29)22(27)24-9-3-4-18(24)21(26)23-14(2)15-6-8-19-20(11-15)31-12-30-19/h5-8,10-11,14,18H,3-4,9,12H2,1-2H3,(H,23,26). The van der Waals surface area contributed by atoms with E-state index in [2.05, 4.69) is 5.32 Å². The summed E-state index contributed by atoms with van der Waals surface area (Å²) in [5.41, 5.74) is 1.59. The number of hydrogen-bond donors (Lipinski definition) is 1. The third-order valence-electron chi connectivity index (χ3n) is 5.71. The van der Waals surface area contributed by atoms with E-state index in [1.807, 2.05) is 25.1 Å². The van der Waals surface area contributed by atoms with Crippen LogP contribution in [0.4, 0.5) is 5.69 Å². The number of nitrogens with zero attached hydrogens (tertiary/aromatic N) is 2. The van der Waals surface area contributed by atoms with Crippen LogP contribution < -0.4 is 14.8 Å². The van der Waals surface area contributed by atoms with E-state index in [1.54, 1.807) is 11.8 Å². The molecule has 1 N–H and O–H groups in total. The van der Waals surface area contributed by atoms with Crippen LogP contribution >= 0.6 is 0 Å². The number of benzene rings is 2. The van der Waals surface area contributed by atoms with Crippen molar-refractivity contribution in [2.75, 3.05) is 13.3 Å². The molecule has 2 atom stereocenters. The number of amides is 2. The number of nitrogens with one attached hydrogen (secondary N) is 1. The van der Waals surface area contributed by atoms with Gasteiger partial charge in [-0.15, -0.1) is 0 Å². The van der Waals surface area contributed by atoms with E-state index in [4.69, 9.17) is 9.47 Å². The van der Waals surface area contributed by atoms with Crippen molar-refractivity contribution >= 4 is 17.5 Å². The number of likely N-dealkylation sites (tertiary alicyclic amines) is 1. The zero-order chi connectivity index (χ0) is 22.1. The summed E-state index contributed by atoms with van der Waals surface area (Å²) < 4.78 is 10.7. The molecule has 162 valence electrons. The fourth-order valence-electron chi connectivity index (χ4n) is 4.02. The van der Waals surface area contributed by atoms with Gasteiger partial charge in [-0.1, -0.05) is 6.07 Å². The molecular weight excluding hydrogens is 402 g/mol. The summed E-state index contributed by atoms with van der Waals surface area (Å²) in [4.78, 5) is 38.1. The maximum Gasteiger partial charge on any atom is 0.272 e. The Balaban J connectivity index is 1.46. The first-order valence-corrected chi connectivity index (χ1v) is 10.1. The van der Waals surface area contributed by atoms with Crippen molar-refractivity contribution in [2.24, 2.45) is 0 Å². The molecule has 0 aliphatic carbocycles. The Kier molecular flexibility index (Phi) is 5.50.